The second kappa shape index (κ2) is 4.93. The van der Waals surface area contributed by atoms with Gasteiger partial charge in [0.25, 0.3) is 0 Å². The van der Waals surface area contributed by atoms with E-state index in [9.17, 15) is 14.9 Å². The van der Waals surface area contributed by atoms with Crippen LogP contribution in [0.4, 0.5) is 5.69 Å². The first-order valence-corrected chi connectivity index (χ1v) is 5.34. The lowest BCUT2D eigenvalue weighted by Gasteiger charge is -2.04. The van der Waals surface area contributed by atoms with Crippen molar-refractivity contribution in [2.45, 2.75) is 24.1 Å². The molecule has 6 nitrogen and oxygen atoms in total. The normalized spacial score (nSPS) is 10.4. The third-order valence-electron chi connectivity index (χ3n) is 1.64. The Balaban J connectivity index is 3.17. The summed E-state index contributed by atoms with van der Waals surface area (Å²) >= 11 is 1.35. The lowest BCUT2D eigenvalue weighted by Crippen LogP contribution is -2.04. The van der Waals surface area contributed by atoms with Crippen molar-refractivity contribution < 1.29 is 14.8 Å². The minimum atomic E-state index is -1.32. The van der Waals surface area contributed by atoms with Crippen molar-refractivity contribution in [1.29, 1.82) is 0 Å². The van der Waals surface area contributed by atoms with Crippen LogP contribution in [0.15, 0.2) is 17.3 Å². The monoisotopic (exact) mass is 242 g/mol. The molecule has 0 saturated carbocycles. The van der Waals surface area contributed by atoms with Crippen molar-refractivity contribution in [3.8, 4) is 0 Å². The van der Waals surface area contributed by atoms with E-state index in [0.29, 0.717) is 5.03 Å². The molecule has 86 valence electrons. The van der Waals surface area contributed by atoms with Crippen molar-refractivity contribution in [1.82, 2.24) is 4.98 Å². The second-order valence-corrected chi connectivity index (χ2v) is 4.87. The van der Waals surface area contributed by atoms with E-state index in [-0.39, 0.29) is 10.8 Å². The van der Waals surface area contributed by atoms with Gasteiger partial charge in [0, 0.05) is 5.25 Å². The first-order chi connectivity index (χ1) is 7.41. The van der Waals surface area contributed by atoms with Crippen LogP contribution in [0.25, 0.3) is 0 Å². The SMILES string of the molecule is CC(C)Sc1cc(C(=O)O)c([N+](=O)[O-])cn1. The number of carboxylic acids is 1. The predicted molar refractivity (Wildman–Crippen MR) is 58.8 cm³/mol. The molecule has 1 aromatic rings. The summed E-state index contributed by atoms with van der Waals surface area (Å²) in [5, 5.41) is 20.1. The van der Waals surface area contributed by atoms with Gasteiger partial charge >= 0.3 is 11.7 Å². The molecule has 0 amide bonds. The zero-order valence-electron chi connectivity index (χ0n) is 8.71. The number of hydrogen-bond donors (Lipinski definition) is 1. The summed E-state index contributed by atoms with van der Waals surface area (Å²) in [5.74, 6) is -1.32. The van der Waals surface area contributed by atoms with Crippen molar-refractivity contribution in [3.63, 3.8) is 0 Å². The number of thioether (sulfide) groups is 1. The van der Waals surface area contributed by atoms with Crippen LogP contribution >= 0.6 is 11.8 Å². The quantitative estimate of drug-likeness (QED) is 0.494. The van der Waals surface area contributed by atoms with E-state index < -0.39 is 16.6 Å². The molecule has 7 heteroatoms. The van der Waals surface area contributed by atoms with Gasteiger partial charge in [-0.1, -0.05) is 13.8 Å². The molecule has 0 aliphatic carbocycles. The van der Waals surface area contributed by atoms with Crippen LogP contribution in [-0.4, -0.2) is 26.2 Å². The number of hydrogen-bond acceptors (Lipinski definition) is 5. The smallest absolute Gasteiger partial charge is 0.342 e. The number of carbonyl (C=O) groups is 1. The van der Waals surface area contributed by atoms with E-state index in [2.05, 4.69) is 4.98 Å². The molecule has 0 unspecified atom stereocenters. The molecule has 1 aromatic heterocycles. The summed E-state index contributed by atoms with van der Waals surface area (Å²) in [4.78, 5) is 24.5. The summed E-state index contributed by atoms with van der Waals surface area (Å²) in [7, 11) is 0. The average Bonchev–Trinajstić information content (AvgIpc) is 2.16. The molecule has 0 spiro atoms. The lowest BCUT2D eigenvalue weighted by atomic mass is 10.2. The average molecular weight is 242 g/mol. The first-order valence-electron chi connectivity index (χ1n) is 4.46. The van der Waals surface area contributed by atoms with Crippen molar-refractivity contribution in [2.24, 2.45) is 0 Å². The molecule has 1 N–H and O–H groups in total. The van der Waals surface area contributed by atoms with E-state index in [1.54, 1.807) is 0 Å². The topological polar surface area (TPSA) is 93.3 Å². The van der Waals surface area contributed by atoms with Crippen LogP contribution in [0.1, 0.15) is 24.2 Å². The van der Waals surface area contributed by atoms with Gasteiger partial charge in [-0.3, -0.25) is 10.1 Å². The second-order valence-electron chi connectivity index (χ2n) is 3.27. The molecule has 16 heavy (non-hydrogen) atoms. The number of nitrogens with zero attached hydrogens (tertiary/aromatic N) is 2. The van der Waals surface area contributed by atoms with Crippen molar-refractivity contribution in [2.75, 3.05) is 0 Å². The maximum Gasteiger partial charge on any atom is 0.342 e. The fourth-order valence-corrected chi connectivity index (χ4v) is 1.83. The molecule has 0 atom stereocenters. The number of pyridine rings is 1. The highest BCUT2D eigenvalue weighted by molar-refractivity contribution is 7.99. The van der Waals surface area contributed by atoms with Gasteiger partial charge in [0.05, 0.1) is 9.95 Å². The van der Waals surface area contributed by atoms with Crippen LogP contribution in [0.5, 0.6) is 0 Å². The number of rotatable bonds is 4. The zero-order valence-corrected chi connectivity index (χ0v) is 9.52. The van der Waals surface area contributed by atoms with Crippen LogP contribution in [0.3, 0.4) is 0 Å². The molecule has 0 aliphatic heterocycles. The Labute approximate surface area is 95.8 Å². The number of aromatic nitrogens is 1. The fraction of sp³-hybridized carbons (Fsp3) is 0.333. The summed E-state index contributed by atoms with van der Waals surface area (Å²) < 4.78 is 0. The summed E-state index contributed by atoms with van der Waals surface area (Å²) in [6.07, 6.45) is 0.980. The fourth-order valence-electron chi connectivity index (χ4n) is 1.05. The van der Waals surface area contributed by atoms with Gasteiger partial charge in [-0.25, -0.2) is 9.78 Å². The number of carboxylic acid groups (broad SMARTS) is 1. The molecular formula is C9H10N2O4S. The van der Waals surface area contributed by atoms with Gasteiger partial charge < -0.3 is 5.11 Å². The van der Waals surface area contributed by atoms with Crippen LogP contribution in [-0.2, 0) is 0 Å². The number of aromatic carboxylic acids is 1. The maximum absolute atomic E-state index is 10.8. The lowest BCUT2D eigenvalue weighted by molar-refractivity contribution is -0.385. The molecule has 0 fully saturated rings. The van der Waals surface area contributed by atoms with Gasteiger partial charge in [0.2, 0.25) is 0 Å². The molecule has 0 aliphatic rings. The van der Waals surface area contributed by atoms with E-state index in [4.69, 9.17) is 5.11 Å². The zero-order chi connectivity index (χ0) is 12.3. The van der Waals surface area contributed by atoms with Crippen LogP contribution < -0.4 is 0 Å². The molecule has 1 heterocycles. The molecule has 0 bridgehead atoms. The third kappa shape index (κ3) is 2.93. The minimum absolute atomic E-state index is 0.232. The van der Waals surface area contributed by atoms with Gasteiger partial charge in [0.1, 0.15) is 11.8 Å². The number of nitro groups is 1. The van der Waals surface area contributed by atoms with Crippen LogP contribution in [0.2, 0.25) is 0 Å². The Hall–Kier alpha value is -1.63. The summed E-state index contributed by atoms with van der Waals surface area (Å²) in [6, 6.07) is 1.23. The van der Waals surface area contributed by atoms with E-state index in [1.165, 1.54) is 17.8 Å². The van der Waals surface area contributed by atoms with Gasteiger partial charge in [-0.05, 0) is 6.07 Å². The molecule has 0 saturated heterocycles. The highest BCUT2D eigenvalue weighted by Crippen LogP contribution is 2.25. The Bertz CT molecular complexity index is 434. The van der Waals surface area contributed by atoms with E-state index >= 15 is 0 Å². The van der Waals surface area contributed by atoms with E-state index in [0.717, 1.165) is 6.20 Å². The maximum atomic E-state index is 10.8. The molecule has 1 rings (SSSR count). The highest BCUT2D eigenvalue weighted by atomic mass is 32.2. The van der Waals surface area contributed by atoms with Gasteiger partial charge in [-0.2, -0.15) is 0 Å². The largest absolute Gasteiger partial charge is 0.477 e. The Morgan fingerprint density at radius 2 is 2.25 bits per heavy atom. The van der Waals surface area contributed by atoms with Crippen molar-refractivity contribution in [3.05, 3.63) is 27.9 Å². The summed E-state index contributed by atoms with van der Waals surface area (Å²) in [5.41, 5.74) is -0.816. The molecular weight excluding hydrogens is 232 g/mol. The molecule has 0 aromatic carbocycles. The third-order valence-corrected chi connectivity index (χ3v) is 2.58. The Morgan fingerprint density at radius 3 is 2.69 bits per heavy atom. The standard InChI is InChI=1S/C9H10N2O4S/c1-5(2)16-8-3-6(9(12)13)7(4-10-8)11(14)15/h3-5H,1-2H3,(H,12,13). The molecule has 0 radical (unpaired) electrons. The Kier molecular flexibility index (Phi) is 3.83. The predicted octanol–water partition coefficient (Wildman–Crippen LogP) is 2.19. The Morgan fingerprint density at radius 1 is 1.62 bits per heavy atom. The van der Waals surface area contributed by atoms with E-state index in [1.807, 2.05) is 13.8 Å². The highest BCUT2D eigenvalue weighted by Gasteiger charge is 2.21. The van der Waals surface area contributed by atoms with Gasteiger partial charge in [-0.15, -0.1) is 11.8 Å². The summed E-state index contributed by atoms with van der Waals surface area (Å²) in [6.45, 7) is 3.85. The van der Waals surface area contributed by atoms with Crippen molar-refractivity contribution >= 4 is 23.4 Å². The first kappa shape index (κ1) is 12.4. The minimum Gasteiger partial charge on any atom is -0.477 e. The van der Waals surface area contributed by atoms with Gasteiger partial charge in [0.15, 0.2) is 0 Å². The van der Waals surface area contributed by atoms with Crippen LogP contribution in [0, 0.1) is 10.1 Å².